The molecule has 3 nitrogen and oxygen atoms in total. The predicted octanol–water partition coefficient (Wildman–Crippen LogP) is 6.57. The topological polar surface area (TPSA) is 50.1 Å². The lowest BCUT2D eigenvalue weighted by molar-refractivity contribution is 0.0740. The van der Waals surface area contributed by atoms with Crippen LogP contribution in [0.2, 0.25) is 0 Å². The van der Waals surface area contributed by atoms with Crippen LogP contribution in [0.25, 0.3) is 9.40 Å². The Balaban J connectivity index is 1.59. The summed E-state index contributed by atoms with van der Waals surface area (Å²) < 4.78 is 7.71. The lowest BCUT2D eigenvalue weighted by atomic mass is 10.1. The van der Waals surface area contributed by atoms with Gasteiger partial charge in [-0.1, -0.05) is 32.6 Å². The first-order valence-corrected chi connectivity index (χ1v) is 10.6. The lowest BCUT2D eigenvalue weighted by Crippen LogP contribution is -2.06. The summed E-state index contributed by atoms with van der Waals surface area (Å²) in [5.74, 6) is 0.114. The highest BCUT2D eigenvalue weighted by Crippen LogP contribution is 2.34. The van der Waals surface area contributed by atoms with Crippen molar-refractivity contribution in [2.45, 2.75) is 45.4 Å². The quantitative estimate of drug-likeness (QED) is 0.251. The van der Waals surface area contributed by atoms with Crippen molar-refractivity contribution in [2.75, 3.05) is 0 Å². The molecule has 0 aliphatic carbocycles. The van der Waals surface area contributed by atoms with Crippen LogP contribution in [0.15, 0.2) is 36.4 Å². The number of unbranched alkanes of at least 4 members (excludes halogenated alkanes) is 4. The van der Waals surface area contributed by atoms with Gasteiger partial charge in [0.2, 0.25) is 0 Å². The number of nitriles is 1. The number of hydrogen-bond donors (Lipinski definition) is 0. The van der Waals surface area contributed by atoms with E-state index in [0.717, 1.165) is 15.8 Å². The van der Waals surface area contributed by atoms with Crippen LogP contribution in [0.4, 0.5) is 0 Å². The molecule has 0 bridgehead atoms. The van der Waals surface area contributed by atoms with Gasteiger partial charge in [0.15, 0.2) is 0 Å². The van der Waals surface area contributed by atoms with Crippen molar-refractivity contribution in [3.05, 3.63) is 51.7 Å². The first kappa shape index (κ1) is 18.6. The predicted molar refractivity (Wildman–Crippen MR) is 108 cm³/mol. The van der Waals surface area contributed by atoms with E-state index in [9.17, 15) is 4.79 Å². The molecule has 0 aliphatic rings. The van der Waals surface area contributed by atoms with Crippen LogP contribution < -0.4 is 4.74 Å². The number of esters is 1. The maximum Gasteiger partial charge on any atom is 0.353 e. The van der Waals surface area contributed by atoms with E-state index in [1.54, 1.807) is 35.6 Å². The molecule has 0 amide bonds. The summed E-state index contributed by atoms with van der Waals surface area (Å²) in [5, 5.41) is 8.80. The molecule has 0 fully saturated rings. The number of hydrogen-bond acceptors (Lipinski definition) is 5. The molecule has 0 atom stereocenters. The number of rotatable bonds is 8. The Morgan fingerprint density at radius 1 is 1.04 bits per heavy atom. The smallest absolute Gasteiger partial charge is 0.353 e. The SMILES string of the molecule is CCCCCCCc1cc2sc(C(=O)Oc3ccc(C#N)cc3)cc2s1. The van der Waals surface area contributed by atoms with Crippen LogP contribution in [-0.4, -0.2) is 5.97 Å². The molecule has 3 aromatic rings. The third-order valence-corrected chi connectivity index (χ3v) is 6.51. The van der Waals surface area contributed by atoms with Crippen LogP contribution in [-0.2, 0) is 6.42 Å². The van der Waals surface area contributed by atoms with Gasteiger partial charge in [-0.3, -0.25) is 0 Å². The van der Waals surface area contributed by atoms with E-state index in [0.29, 0.717) is 16.2 Å². The Morgan fingerprint density at radius 2 is 1.77 bits per heavy atom. The highest BCUT2D eigenvalue weighted by molar-refractivity contribution is 7.28. The van der Waals surface area contributed by atoms with Crippen LogP contribution in [0.5, 0.6) is 5.75 Å². The van der Waals surface area contributed by atoms with Crippen molar-refractivity contribution in [1.82, 2.24) is 0 Å². The first-order chi connectivity index (χ1) is 12.7. The minimum Gasteiger partial charge on any atom is -0.422 e. The van der Waals surface area contributed by atoms with E-state index < -0.39 is 0 Å². The van der Waals surface area contributed by atoms with Crippen LogP contribution in [0, 0.1) is 11.3 Å². The summed E-state index contributed by atoms with van der Waals surface area (Å²) in [6.07, 6.45) is 7.58. The van der Waals surface area contributed by atoms with Gasteiger partial charge in [-0.05, 0) is 49.2 Å². The average molecular weight is 384 g/mol. The third kappa shape index (κ3) is 4.72. The van der Waals surface area contributed by atoms with Crippen molar-refractivity contribution in [2.24, 2.45) is 0 Å². The summed E-state index contributed by atoms with van der Waals surface area (Å²) in [4.78, 5) is 14.3. The minimum atomic E-state index is -0.343. The Labute approximate surface area is 161 Å². The van der Waals surface area contributed by atoms with Gasteiger partial charge < -0.3 is 4.74 Å². The second-order valence-corrected chi connectivity index (χ2v) is 8.49. The molecule has 26 heavy (non-hydrogen) atoms. The zero-order valence-corrected chi connectivity index (χ0v) is 16.4. The molecule has 0 spiro atoms. The van der Waals surface area contributed by atoms with Gasteiger partial charge in [0.25, 0.3) is 0 Å². The lowest BCUT2D eigenvalue weighted by Gasteiger charge is -2.02. The molecule has 134 valence electrons. The second kappa shape index (κ2) is 8.98. The van der Waals surface area contributed by atoms with Gasteiger partial charge in [-0.15, -0.1) is 22.7 Å². The van der Waals surface area contributed by atoms with Crippen molar-refractivity contribution >= 4 is 38.0 Å². The fourth-order valence-electron chi connectivity index (χ4n) is 2.77. The molecule has 1 aromatic carbocycles. The summed E-state index contributed by atoms with van der Waals surface area (Å²) in [7, 11) is 0. The number of benzene rings is 1. The Bertz CT molecular complexity index is 884. The standard InChI is InChI=1S/C21H21NO2S2/c1-2-3-4-5-6-7-17-12-18-19(25-17)13-20(26-18)21(23)24-16-10-8-15(14-22)9-11-16/h8-13H,2-7H2,1H3. The molecule has 5 heteroatoms. The molecule has 0 radical (unpaired) electrons. The minimum absolute atomic E-state index is 0.343. The van der Waals surface area contributed by atoms with E-state index in [2.05, 4.69) is 13.0 Å². The maximum atomic E-state index is 12.3. The van der Waals surface area contributed by atoms with E-state index in [4.69, 9.17) is 10.00 Å². The van der Waals surface area contributed by atoms with Crippen molar-refractivity contribution in [1.29, 1.82) is 5.26 Å². The van der Waals surface area contributed by atoms with E-state index >= 15 is 0 Å². The van der Waals surface area contributed by atoms with Crippen LogP contribution in [0.3, 0.4) is 0 Å². The summed E-state index contributed by atoms with van der Waals surface area (Å²) >= 11 is 3.26. The summed E-state index contributed by atoms with van der Waals surface area (Å²) in [6, 6.07) is 12.8. The molecule has 0 saturated heterocycles. The zero-order chi connectivity index (χ0) is 18.4. The maximum absolute atomic E-state index is 12.3. The molecule has 3 rings (SSSR count). The molecule has 0 unspecified atom stereocenters. The fraction of sp³-hybridized carbons (Fsp3) is 0.333. The van der Waals surface area contributed by atoms with Crippen LogP contribution >= 0.6 is 22.7 Å². The zero-order valence-electron chi connectivity index (χ0n) is 14.8. The van der Waals surface area contributed by atoms with Crippen LogP contribution in [0.1, 0.15) is 59.1 Å². The van der Waals surface area contributed by atoms with Crippen molar-refractivity contribution < 1.29 is 9.53 Å². The van der Waals surface area contributed by atoms with E-state index in [1.807, 2.05) is 12.1 Å². The average Bonchev–Trinajstić information content (AvgIpc) is 3.21. The van der Waals surface area contributed by atoms with Crippen molar-refractivity contribution in [3.63, 3.8) is 0 Å². The molecule has 2 aromatic heterocycles. The number of nitrogens with zero attached hydrogens (tertiary/aromatic N) is 1. The number of thiophene rings is 2. The Hall–Kier alpha value is -2.16. The highest BCUT2D eigenvalue weighted by atomic mass is 32.1. The van der Waals surface area contributed by atoms with Gasteiger partial charge in [0.05, 0.1) is 11.6 Å². The molecular weight excluding hydrogens is 362 g/mol. The molecule has 0 saturated carbocycles. The first-order valence-electron chi connectivity index (χ1n) is 8.94. The van der Waals surface area contributed by atoms with Gasteiger partial charge in [-0.25, -0.2) is 4.79 Å². The number of aryl methyl sites for hydroxylation is 1. The Kier molecular flexibility index (Phi) is 6.43. The van der Waals surface area contributed by atoms with Gasteiger partial charge in [-0.2, -0.15) is 5.26 Å². The summed E-state index contributed by atoms with van der Waals surface area (Å²) in [5.41, 5.74) is 0.545. The second-order valence-electron chi connectivity index (χ2n) is 6.24. The molecule has 0 aliphatic heterocycles. The van der Waals surface area contributed by atoms with Crippen molar-refractivity contribution in [3.8, 4) is 11.8 Å². The number of carbonyl (C=O) groups is 1. The fourth-order valence-corrected chi connectivity index (χ4v) is 5.11. The third-order valence-electron chi connectivity index (χ3n) is 4.18. The monoisotopic (exact) mass is 383 g/mol. The van der Waals surface area contributed by atoms with Gasteiger partial charge in [0.1, 0.15) is 10.6 Å². The highest BCUT2D eigenvalue weighted by Gasteiger charge is 2.15. The van der Waals surface area contributed by atoms with Gasteiger partial charge >= 0.3 is 5.97 Å². The normalized spacial score (nSPS) is 10.8. The molecule has 0 N–H and O–H groups in total. The molecular formula is C21H21NO2S2. The number of fused-ring (bicyclic) bond motifs is 1. The van der Waals surface area contributed by atoms with E-state index in [-0.39, 0.29) is 5.97 Å². The summed E-state index contributed by atoms with van der Waals surface area (Å²) in [6.45, 7) is 2.23. The van der Waals surface area contributed by atoms with Gasteiger partial charge in [0, 0.05) is 14.3 Å². The largest absolute Gasteiger partial charge is 0.422 e. The Morgan fingerprint density at radius 3 is 2.46 bits per heavy atom. The number of carbonyl (C=O) groups excluding carboxylic acids is 1. The number of ether oxygens (including phenoxy) is 1. The molecule has 2 heterocycles. The van der Waals surface area contributed by atoms with E-state index in [1.165, 1.54) is 48.3 Å².